The lowest BCUT2D eigenvalue weighted by atomic mass is 9.86. The third-order valence-electron chi connectivity index (χ3n) is 7.32. The number of methoxy groups -OCH3 is 2. The first-order chi connectivity index (χ1) is 18.9. The van der Waals surface area contributed by atoms with E-state index in [1.165, 1.54) is 32.6 Å². The van der Waals surface area contributed by atoms with Crippen molar-refractivity contribution in [3.63, 3.8) is 0 Å². The number of rotatable bonds is 9. The van der Waals surface area contributed by atoms with Crippen LogP contribution in [-0.4, -0.2) is 67.7 Å². The van der Waals surface area contributed by atoms with Gasteiger partial charge in [0.2, 0.25) is 11.8 Å². The van der Waals surface area contributed by atoms with E-state index in [9.17, 15) is 19.2 Å². The van der Waals surface area contributed by atoms with Crippen molar-refractivity contribution in [2.24, 2.45) is 16.9 Å². The molecule has 2 saturated heterocycles. The Morgan fingerprint density at radius 1 is 0.923 bits per heavy atom. The number of fused-ring (bicyclic) bond motifs is 3. The fourth-order valence-electron chi connectivity index (χ4n) is 5.39. The minimum atomic E-state index is -0.992. The number of nitrogens with zero attached hydrogens (tertiary/aromatic N) is 3. The molecule has 3 heterocycles. The molecule has 3 aliphatic heterocycles. The van der Waals surface area contributed by atoms with E-state index in [4.69, 9.17) is 14.2 Å². The average molecular weight is 532 g/mol. The zero-order valence-corrected chi connectivity index (χ0v) is 21.9. The summed E-state index contributed by atoms with van der Waals surface area (Å²) in [5.41, 5.74) is 0.967. The molecule has 4 atom stereocenters. The van der Waals surface area contributed by atoms with E-state index in [2.05, 4.69) is 5.10 Å². The Kier molecular flexibility index (Phi) is 7.19. The monoisotopic (exact) mass is 531 g/mol. The third-order valence-corrected chi connectivity index (χ3v) is 7.32. The number of esters is 1. The Morgan fingerprint density at radius 3 is 2.31 bits per heavy atom. The van der Waals surface area contributed by atoms with Crippen LogP contribution in [0.25, 0.3) is 0 Å². The minimum Gasteiger partial charge on any atom is -0.493 e. The molecule has 0 spiro atoms. The van der Waals surface area contributed by atoms with Gasteiger partial charge in [-0.2, -0.15) is 5.10 Å². The van der Waals surface area contributed by atoms with Crippen molar-refractivity contribution >= 4 is 35.5 Å². The summed E-state index contributed by atoms with van der Waals surface area (Å²) in [5, 5.41) is 5.93. The van der Waals surface area contributed by atoms with Crippen molar-refractivity contribution in [1.82, 2.24) is 5.01 Å². The van der Waals surface area contributed by atoms with Gasteiger partial charge in [0.15, 0.2) is 17.3 Å². The molecule has 0 radical (unpaired) electrons. The van der Waals surface area contributed by atoms with Gasteiger partial charge in [-0.25, -0.2) is 9.69 Å². The molecule has 39 heavy (non-hydrogen) atoms. The van der Waals surface area contributed by atoms with Gasteiger partial charge in [0.25, 0.3) is 0 Å². The van der Waals surface area contributed by atoms with Crippen LogP contribution in [0.15, 0.2) is 59.7 Å². The predicted molar refractivity (Wildman–Crippen MR) is 142 cm³/mol. The molecule has 10 nitrogen and oxygen atoms in total. The number of allylic oxidation sites excluding steroid dienone is 1. The number of hydrazone groups is 1. The first-order valence-electron chi connectivity index (χ1n) is 12.8. The zero-order chi connectivity index (χ0) is 27.7. The molecule has 202 valence electrons. The van der Waals surface area contributed by atoms with Gasteiger partial charge in [0.1, 0.15) is 6.04 Å². The molecule has 0 saturated carbocycles. The van der Waals surface area contributed by atoms with Crippen LogP contribution in [-0.2, 0) is 14.3 Å². The molecule has 10 heteroatoms. The van der Waals surface area contributed by atoms with E-state index in [0.717, 1.165) is 17.7 Å². The second kappa shape index (κ2) is 10.7. The molecule has 3 aliphatic rings. The van der Waals surface area contributed by atoms with Gasteiger partial charge in [0, 0.05) is 11.8 Å². The van der Waals surface area contributed by atoms with E-state index in [1.54, 1.807) is 47.5 Å². The Morgan fingerprint density at radius 2 is 1.62 bits per heavy atom. The smallest absolute Gasteiger partial charge is 0.338 e. The van der Waals surface area contributed by atoms with Gasteiger partial charge in [-0.05, 0) is 55.0 Å². The summed E-state index contributed by atoms with van der Waals surface area (Å²) in [4.78, 5) is 54.8. The second-order valence-corrected chi connectivity index (χ2v) is 9.50. The summed E-state index contributed by atoms with van der Waals surface area (Å²) in [6.45, 7) is 2.33. The number of carbonyl (C=O) groups is 4. The molecule has 2 aromatic rings. The summed E-state index contributed by atoms with van der Waals surface area (Å²) < 4.78 is 15.9. The molecule has 2 fully saturated rings. The maximum absolute atomic E-state index is 13.9. The standard InChI is InChI=1S/C29H29N3O7/c1-4-5-15-39-29(36)17-8-11-19(12-9-17)31-27(34)23-20-7-6-14-30-32(20)25(24(23)28(31)35)26(33)18-10-13-21(37-2)22(16-18)38-3/h6-14,16,20,23-25H,4-5,15H2,1-3H3. The number of imide groups is 1. The van der Waals surface area contributed by atoms with Crippen LogP contribution in [0.1, 0.15) is 40.5 Å². The topological polar surface area (TPSA) is 115 Å². The normalized spacial score (nSPS) is 23.1. The minimum absolute atomic E-state index is 0.312. The number of unbranched alkanes of at least 4 members (excludes halogenated alkanes) is 1. The van der Waals surface area contributed by atoms with E-state index < -0.39 is 41.7 Å². The highest BCUT2D eigenvalue weighted by Crippen LogP contribution is 2.46. The molecule has 0 aliphatic carbocycles. The summed E-state index contributed by atoms with van der Waals surface area (Å²) in [6, 6.07) is 9.39. The van der Waals surface area contributed by atoms with E-state index >= 15 is 0 Å². The summed E-state index contributed by atoms with van der Waals surface area (Å²) in [6.07, 6.45) is 6.71. The van der Waals surface area contributed by atoms with E-state index in [0.29, 0.717) is 34.9 Å². The molecule has 0 aromatic heterocycles. The quantitative estimate of drug-likeness (QED) is 0.210. The van der Waals surface area contributed by atoms with E-state index in [-0.39, 0.29) is 5.78 Å². The van der Waals surface area contributed by atoms with Crippen LogP contribution < -0.4 is 14.4 Å². The number of ketones is 1. The maximum Gasteiger partial charge on any atom is 0.338 e. The van der Waals surface area contributed by atoms with Gasteiger partial charge < -0.3 is 14.2 Å². The summed E-state index contributed by atoms with van der Waals surface area (Å²) in [7, 11) is 2.97. The molecular weight excluding hydrogens is 502 g/mol. The van der Waals surface area contributed by atoms with Crippen LogP contribution >= 0.6 is 0 Å². The molecule has 2 amide bonds. The number of hydrogen-bond acceptors (Lipinski definition) is 9. The zero-order valence-electron chi connectivity index (χ0n) is 21.9. The predicted octanol–water partition coefficient (Wildman–Crippen LogP) is 3.26. The first kappa shape index (κ1) is 26.1. The summed E-state index contributed by atoms with van der Waals surface area (Å²) >= 11 is 0. The Hall–Kier alpha value is -4.47. The van der Waals surface area contributed by atoms with Crippen LogP contribution in [0.5, 0.6) is 11.5 Å². The number of carbonyl (C=O) groups excluding carboxylic acids is 4. The van der Waals surface area contributed by atoms with Crippen LogP contribution in [0.4, 0.5) is 5.69 Å². The van der Waals surface area contributed by atoms with Crippen LogP contribution in [0.2, 0.25) is 0 Å². The highest BCUT2D eigenvalue weighted by Gasteiger charge is 2.64. The van der Waals surface area contributed by atoms with Crippen molar-refractivity contribution in [1.29, 1.82) is 0 Å². The largest absolute Gasteiger partial charge is 0.493 e. The van der Waals surface area contributed by atoms with Gasteiger partial charge in [-0.1, -0.05) is 19.4 Å². The Balaban J connectivity index is 1.45. The number of benzene rings is 2. The van der Waals surface area contributed by atoms with Gasteiger partial charge >= 0.3 is 5.97 Å². The number of ether oxygens (including phenoxy) is 3. The number of hydrogen-bond donors (Lipinski definition) is 0. The van der Waals surface area contributed by atoms with Crippen LogP contribution in [0, 0.1) is 11.8 Å². The lowest BCUT2D eigenvalue weighted by molar-refractivity contribution is -0.123. The van der Waals surface area contributed by atoms with Crippen LogP contribution in [0.3, 0.4) is 0 Å². The molecule has 2 aromatic carbocycles. The van der Waals surface area contributed by atoms with Crippen molar-refractivity contribution in [2.45, 2.75) is 31.8 Å². The number of Topliss-reactive ketones (excluding diaryl/α,β-unsaturated/α-hetero) is 1. The van der Waals surface area contributed by atoms with Gasteiger partial charge in [0.05, 0.1) is 50.0 Å². The Bertz CT molecular complexity index is 1370. The van der Waals surface area contributed by atoms with Crippen molar-refractivity contribution in [2.75, 3.05) is 25.7 Å². The average Bonchev–Trinajstić information content (AvgIpc) is 3.44. The second-order valence-electron chi connectivity index (χ2n) is 9.50. The van der Waals surface area contributed by atoms with Crippen molar-refractivity contribution in [3.8, 4) is 11.5 Å². The molecule has 0 bridgehead atoms. The third kappa shape index (κ3) is 4.45. The van der Waals surface area contributed by atoms with Crippen molar-refractivity contribution in [3.05, 3.63) is 65.7 Å². The highest BCUT2D eigenvalue weighted by molar-refractivity contribution is 6.24. The SMILES string of the molecule is CCCCOC(=O)c1ccc(N2C(=O)C3C(C2=O)C(C(=O)c2ccc(OC)c(OC)c2)N2N=CC=CC32)cc1. The summed E-state index contributed by atoms with van der Waals surface area (Å²) in [5.74, 6) is -2.61. The fourth-order valence-corrected chi connectivity index (χ4v) is 5.39. The first-order valence-corrected chi connectivity index (χ1v) is 12.8. The molecule has 0 N–H and O–H groups in total. The number of anilines is 1. The lowest BCUT2D eigenvalue weighted by Crippen LogP contribution is -2.46. The van der Waals surface area contributed by atoms with Crippen molar-refractivity contribution < 1.29 is 33.4 Å². The van der Waals surface area contributed by atoms with Gasteiger partial charge in [-0.15, -0.1) is 0 Å². The van der Waals surface area contributed by atoms with E-state index in [1.807, 2.05) is 6.92 Å². The molecular formula is C29H29N3O7. The lowest BCUT2D eigenvalue weighted by Gasteiger charge is -2.30. The molecule has 4 unspecified atom stereocenters. The number of amides is 2. The fraction of sp³-hybridized carbons (Fsp3) is 0.345. The maximum atomic E-state index is 13.9. The Labute approximate surface area is 225 Å². The molecule has 5 rings (SSSR count). The highest BCUT2D eigenvalue weighted by atomic mass is 16.5. The van der Waals surface area contributed by atoms with Gasteiger partial charge in [-0.3, -0.25) is 19.4 Å².